The van der Waals surface area contributed by atoms with Gasteiger partial charge in [0, 0.05) is 12.8 Å². The number of aliphatic hydroxyl groups excluding tert-OH is 7. The fourth-order valence-corrected chi connectivity index (χ4v) is 7.59. The van der Waals surface area contributed by atoms with Gasteiger partial charge >= 0.3 is 11.9 Å². The van der Waals surface area contributed by atoms with Gasteiger partial charge in [-0.25, -0.2) is 0 Å². The molecule has 0 amide bonds. The molecular formula is C56H90O15. The number of aliphatic hydroxyl groups is 7. The van der Waals surface area contributed by atoms with Gasteiger partial charge in [-0.2, -0.15) is 0 Å². The van der Waals surface area contributed by atoms with Crippen molar-refractivity contribution in [2.24, 2.45) is 0 Å². The highest BCUT2D eigenvalue weighted by Gasteiger charge is 2.47. The van der Waals surface area contributed by atoms with Gasteiger partial charge in [0.25, 0.3) is 0 Å². The summed E-state index contributed by atoms with van der Waals surface area (Å²) in [4.78, 5) is 25.8. The Hall–Kier alpha value is -3.58. The van der Waals surface area contributed by atoms with Gasteiger partial charge in [0.2, 0.25) is 0 Å². The molecule has 2 rings (SSSR count). The van der Waals surface area contributed by atoms with Crippen molar-refractivity contribution in [2.75, 3.05) is 26.4 Å². The van der Waals surface area contributed by atoms with E-state index in [1.807, 2.05) is 24.3 Å². The zero-order valence-corrected chi connectivity index (χ0v) is 42.7. The van der Waals surface area contributed by atoms with Crippen molar-refractivity contribution >= 4 is 11.9 Å². The van der Waals surface area contributed by atoms with Gasteiger partial charge in [-0.05, 0) is 77.0 Å². The van der Waals surface area contributed by atoms with Crippen molar-refractivity contribution in [3.05, 3.63) is 97.2 Å². The second kappa shape index (κ2) is 41.8. The minimum absolute atomic E-state index is 0.133. The predicted molar refractivity (Wildman–Crippen MR) is 275 cm³/mol. The number of carbonyl (C=O) groups excluding carboxylic acids is 2. The molecule has 2 saturated heterocycles. The SMILES string of the molecule is CC/C=C/C=C/C=C/CCCCCCCC(=O)OC(COC(=O)CCCCCCCC/C=C/C/C=C/C/C=C/C/C=C/C/C=C/CC)CO[C@@H]1O[C@H](CO[C@@H]2O[C@H](CO)[C@H](O)C(O)C2O)[C@H](O)C(O)C1O. The summed E-state index contributed by atoms with van der Waals surface area (Å²) >= 11 is 0. The zero-order chi connectivity index (χ0) is 51.7. The minimum atomic E-state index is -1.78. The molecule has 2 aliphatic heterocycles. The van der Waals surface area contributed by atoms with Crippen LogP contribution in [0.5, 0.6) is 0 Å². The Kier molecular flexibility index (Phi) is 37.4. The van der Waals surface area contributed by atoms with Crippen LogP contribution >= 0.6 is 0 Å². The highest BCUT2D eigenvalue weighted by atomic mass is 16.7. The third kappa shape index (κ3) is 29.6. The Morgan fingerprint density at radius 2 is 0.915 bits per heavy atom. The van der Waals surface area contributed by atoms with Crippen LogP contribution in [0.1, 0.15) is 149 Å². The van der Waals surface area contributed by atoms with Gasteiger partial charge in [-0.1, -0.05) is 156 Å². The summed E-state index contributed by atoms with van der Waals surface area (Å²) < 4.78 is 33.5. The van der Waals surface area contributed by atoms with E-state index in [0.29, 0.717) is 12.8 Å². The number of unbranched alkanes of at least 4 members (excludes halogenated alkanes) is 11. The van der Waals surface area contributed by atoms with E-state index in [4.69, 9.17) is 28.4 Å². The smallest absolute Gasteiger partial charge is 0.306 e. The van der Waals surface area contributed by atoms with E-state index < -0.39 is 99.3 Å². The molecule has 15 nitrogen and oxygen atoms in total. The maximum atomic E-state index is 13.0. The lowest BCUT2D eigenvalue weighted by Gasteiger charge is -2.42. The summed E-state index contributed by atoms with van der Waals surface area (Å²) in [7, 11) is 0. The number of allylic oxidation sites excluding steroid dienone is 16. The molecule has 404 valence electrons. The van der Waals surface area contributed by atoms with E-state index in [1.54, 1.807) is 0 Å². The molecule has 0 bridgehead atoms. The van der Waals surface area contributed by atoms with E-state index in [0.717, 1.165) is 109 Å². The van der Waals surface area contributed by atoms with Crippen LogP contribution in [0.3, 0.4) is 0 Å². The number of hydrogen-bond donors (Lipinski definition) is 7. The van der Waals surface area contributed by atoms with Crippen LogP contribution in [-0.2, 0) is 38.0 Å². The van der Waals surface area contributed by atoms with Crippen LogP contribution in [0, 0.1) is 0 Å². The average Bonchev–Trinajstić information content (AvgIpc) is 3.36. The molecule has 7 N–H and O–H groups in total. The monoisotopic (exact) mass is 1000 g/mol. The van der Waals surface area contributed by atoms with Gasteiger partial charge in [-0.15, -0.1) is 0 Å². The molecule has 0 aromatic heterocycles. The average molecular weight is 1000 g/mol. The quantitative estimate of drug-likeness (QED) is 0.0135. The number of rotatable bonds is 39. The zero-order valence-electron chi connectivity index (χ0n) is 42.7. The molecule has 15 heteroatoms. The van der Waals surface area contributed by atoms with Crippen LogP contribution in [0.15, 0.2) is 97.2 Å². The molecule has 0 aromatic carbocycles. The Balaban J connectivity index is 1.79. The summed E-state index contributed by atoms with van der Waals surface area (Å²) in [5.74, 6) is -0.976. The maximum absolute atomic E-state index is 13.0. The van der Waals surface area contributed by atoms with Gasteiger partial charge < -0.3 is 64.2 Å². The second-order valence-electron chi connectivity index (χ2n) is 18.0. The van der Waals surface area contributed by atoms with Crippen LogP contribution < -0.4 is 0 Å². The first-order valence-corrected chi connectivity index (χ1v) is 26.4. The van der Waals surface area contributed by atoms with Crippen molar-refractivity contribution in [1.82, 2.24) is 0 Å². The van der Waals surface area contributed by atoms with Gasteiger partial charge in [0.15, 0.2) is 18.7 Å². The Bertz CT molecular complexity index is 1600. The molecule has 71 heavy (non-hydrogen) atoms. The molecule has 2 heterocycles. The second-order valence-corrected chi connectivity index (χ2v) is 18.0. The number of carbonyl (C=O) groups is 2. The lowest BCUT2D eigenvalue weighted by atomic mass is 9.98. The van der Waals surface area contributed by atoms with Crippen molar-refractivity contribution in [3.63, 3.8) is 0 Å². The molecule has 0 saturated carbocycles. The molecule has 2 fully saturated rings. The summed E-state index contributed by atoms with van der Waals surface area (Å²) in [5.41, 5.74) is 0. The van der Waals surface area contributed by atoms with E-state index >= 15 is 0 Å². The maximum Gasteiger partial charge on any atom is 0.306 e. The fourth-order valence-electron chi connectivity index (χ4n) is 7.59. The first kappa shape index (κ1) is 63.5. The van der Waals surface area contributed by atoms with E-state index in [-0.39, 0.29) is 19.4 Å². The highest BCUT2D eigenvalue weighted by Crippen LogP contribution is 2.26. The van der Waals surface area contributed by atoms with Crippen LogP contribution in [0.2, 0.25) is 0 Å². The summed E-state index contributed by atoms with van der Waals surface area (Å²) in [6.45, 7) is 2.28. The predicted octanol–water partition coefficient (Wildman–Crippen LogP) is 7.76. The van der Waals surface area contributed by atoms with Crippen LogP contribution in [-0.4, -0.2) is 142 Å². The van der Waals surface area contributed by atoms with Gasteiger partial charge in [0.05, 0.1) is 19.8 Å². The van der Waals surface area contributed by atoms with Crippen molar-refractivity contribution in [1.29, 1.82) is 0 Å². The molecular weight excluding hydrogens is 913 g/mol. The lowest BCUT2D eigenvalue weighted by molar-refractivity contribution is -0.332. The Morgan fingerprint density at radius 3 is 1.48 bits per heavy atom. The molecule has 11 atom stereocenters. The number of esters is 2. The van der Waals surface area contributed by atoms with E-state index in [1.165, 1.54) is 0 Å². The molecule has 2 aliphatic rings. The first-order valence-electron chi connectivity index (χ1n) is 26.4. The van der Waals surface area contributed by atoms with E-state index in [9.17, 15) is 45.3 Å². The molecule has 0 radical (unpaired) electrons. The summed E-state index contributed by atoms with van der Waals surface area (Å²) in [6.07, 6.45) is 35.8. The first-order chi connectivity index (χ1) is 34.5. The van der Waals surface area contributed by atoms with Gasteiger partial charge in [0.1, 0.15) is 55.4 Å². The van der Waals surface area contributed by atoms with Crippen LogP contribution in [0.4, 0.5) is 0 Å². The lowest BCUT2D eigenvalue weighted by Crippen LogP contribution is -2.61. The third-order valence-corrected chi connectivity index (χ3v) is 11.9. The fraction of sp³-hybridized carbons (Fsp3) is 0.679. The molecule has 0 aliphatic carbocycles. The topological polar surface area (TPSA) is 231 Å². The minimum Gasteiger partial charge on any atom is -0.462 e. The largest absolute Gasteiger partial charge is 0.462 e. The molecule has 0 aromatic rings. The molecule has 0 spiro atoms. The van der Waals surface area contributed by atoms with E-state index in [2.05, 4.69) is 86.8 Å². The third-order valence-electron chi connectivity index (χ3n) is 11.9. The Labute approximate surface area is 424 Å². The normalized spacial score (nSPS) is 26.0. The summed E-state index contributed by atoms with van der Waals surface area (Å²) in [6, 6.07) is 0. The number of hydrogen-bond acceptors (Lipinski definition) is 15. The van der Waals surface area contributed by atoms with Crippen molar-refractivity contribution in [2.45, 2.75) is 216 Å². The van der Waals surface area contributed by atoms with Crippen molar-refractivity contribution < 1.29 is 73.8 Å². The van der Waals surface area contributed by atoms with Crippen LogP contribution in [0.25, 0.3) is 0 Å². The summed E-state index contributed by atoms with van der Waals surface area (Å²) in [5, 5.41) is 72.1. The molecule has 5 unspecified atom stereocenters. The van der Waals surface area contributed by atoms with Crippen molar-refractivity contribution in [3.8, 4) is 0 Å². The Morgan fingerprint density at radius 1 is 0.465 bits per heavy atom. The standard InChI is InChI=1S/C56H90O15/c1-3-5-7-9-11-13-15-17-18-19-20-21-22-23-24-25-27-28-30-32-34-36-38-47(58)66-41-44(69-48(59)39-37-35-33-31-29-26-16-14-12-10-8-6-4-2)42-67-55-54(65)52(63)50(61)46(71-55)43-68-56-53(64)51(62)49(60)45(40-57)70-56/h5-8,10-14,16-18,20-21,23-24,44-46,49-57,60-65H,3-4,9,15,19,22,25-43H2,1-2H3/b7-5+,8-6+,12-10+,13-11+,16-14+,18-17+,21-20+,24-23+/t44?,45-,46-,49+,50+,51?,52?,53?,54?,55-,56-/m1/s1. The number of ether oxygens (including phenoxy) is 6. The van der Waals surface area contributed by atoms with Gasteiger partial charge in [-0.3, -0.25) is 9.59 Å². The highest BCUT2D eigenvalue weighted by molar-refractivity contribution is 5.70.